The Morgan fingerprint density at radius 1 is 1.29 bits per heavy atom. The van der Waals surface area contributed by atoms with Crippen molar-refractivity contribution in [1.82, 2.24) is 14.5 Å². The van der Waals surface area contributed by atoms with Crippen LogP contribution in [0.3, 0.4) is 0 Å². The van der Waals surface area contributed by atoms with Crippen LogP contribution in [0.25, 0.3) is 16.7 Å². The van der Waals surface area contributed by atoms with E-state index in [1.165, 1.54) is 6.33 Å². The Balaban J connectivity index is 2.47. The number of nitrogen functional groups attached to an aromatic ring is 1. The molecule has 0 spiro atoms. The number of nitrogens with two attached hydrogens (primary N) is 1. The molecule has 3 aromatic rings. The van der Waals surface area contributed by atoms with Crippen LogP contribution in [-0.2, 0) is 0 Å². The molecule has 0 fully saturated rings. The summed E-state index contributed by atoms with van der Waals surface area (Å²) in [5.41, 5.74) is 10.2. The molecule has 3 aromatic heterocycles. The summed E-state index contributed by atoms with van der Waals surface area (Å²) in [6.45, 7) is 4.13. The zero-order valence-corrected chi connectivity index (χ0v) is 10.5. The number of rotatable bonds is 1. The molecule has 2 N–H and O–H groups in total. The summed E-state index contributed by atoms with van der Waals surface area (Å²) in [5, 5.41) is 5.11. The van der Waals surface area contributed by atoms with Gasteiger partial charge in [-0.25, -0.2) is 9.97 Å². The molecule has 86 valence electrons. The molecule has 0 saturated carbocycles. The Morgan fingerprint density at radius 3 is 2.82 bits per heavy atom. The molecule has 0 aliphatic rings. The summed E-state index contributed by atoms with van der Waals surface area (Å²) >= 11 is 1.67. The number of hydrogen-bond acceptors (Lipinski definition) is 4. The highest BCUT2D eigenvalue weighted by atomic mass is 32.1. The van der Waals surface area contributed by atoms with Crippen LogP contribution in [-0.4, -0.2) is 14.5 Å². The summed E-state index contributed by atoms with van der Waals surface area (Å²) in [7, 11) is 0. The molecule has 0 radical (unpaired) electrons. The van der Waals surface area contributed by atoms with Crippen LogP contribution in [0.2, 0.25) is 0 Å². The zero-order chi connectivity index (χ0) is 12.0. The van der Waals surface area contributed by atoms with Crippen molar-refractivity contribution >= 4 is 28.2 Å². The van der Waals surface area contributed by atoms with Crippen LogP contribution in [0.5, 0.6) is 0 Å². The SMILES string of the molecule is Cc1c(C)n(-c2ccsc2)c2ncnc(N)c12. The van der Waals surface area contributed by atoms with Gasteiger partial charge in [0.05, 0.1) is 11.1 Å². The molecule has 0 saturated heterocycles. The van der Waals surface area contributed by atoms with E-state index in [0.29, 0.717) is 5.82 Å². The minimum absolute atomic E-state index is 0.546. The van der Waals surface area contributed by atoms with Crippen molar-refractivity contribution in [1.29, 1.82) is 0 Å². The van der Waals surface area contributed by atoms with Gasteiger partial charge in [0.1, 0.15) is 12.1 Å². The smallest absolute Gasteiger partial charge is 0.150 e. The number of anilines is 1. The van der Waals surface area contributed by atoms with Crippen molar-refractivity contribution in [3.05, 3.63) is 34.4 Å². The van der Waals surface area contributed by atoms with Gasteiger partial charge in [-0.3, -0.25) is 4.57 Å². The van der Waals surface area contributed by atoms with Crippen molar-refractivity contribution in [2.24, 2.45) is 0 Å². The van der Waals surface area contributed by atoms with Gasteiger partial charge in [-0.15, -0.1) is 0 Å². The molecule has 3 rings (SSSR count). The van der Waals surface area contributed by atoms with Crippen LogP contribution in [0.15, 0.2) is 23.2 Å². The molecule has 0 amide bonds. The van der Waals surface area contributed by atoms with Crippen molar-refractivity contribution < 1.29 is 0 Å². The van der Waals surface area contributed by atoms with E-state index in [2.05, 4.69) is 45.2 Å². The van der Waals surface area contributed by atoms with Crippen molar-refractivity contribution in [3.63, 3.8) is 0 Å². The lowest BCUT2D eigenvalue weighted by molar-refractivity contribution is 1.02. The number of aromatic nitrogens is 3. The molecule has 0 atom stereocenters. The van der Waals surface area contributed by atoms with E-state index in [1.54, 1.807) is 11.3 Å². The average molecular weight is 244 g/mol. The molecule has 0 aliphatic carbocycles. The van der Waals surface area contributed by atoms with Crippen LogP contribution in [0.4, 0.5) is 5.82 Å². The topological polar surface area (TPSA) is 56.7 Å². The van der Waals surface area contributed by atoms with E-state index in [-0.39, 0.29) is 0 Å². The molecule has 4 nitrogen and oxygen atoms in total. The molecule has 17 heavy (non-hydrogen) atoms. The first-order valence-corrected chi connectivity index (χ1v) is 6.25. The van der Waals surface area contributed by atoms with E-state index in [9.17, 15) is 0 Å². The number of aryl methyl sites for hydroxylation is 1. The standard InChI is InChI=1S/C12H12N4S/c1-7-8(2)16(9-3-4-17-5-9)12-10(7)11(13)14-6-15-12/h3-6H,1-2H3,(H2,13,14,15). The predicted octanol–water partition coefficient (Wildman–Crippen LogP) is 2.68. The number of nitrogens with zero attached hydrogens (tertiary/aromatic N) is 3. The first-order chi connectivity index (χ1) is 8.20. The Hall–Kier alpha value is -1.88. The van der Waals surface area contributed by atoms with E-state index in [0.717, 1.165) is 28.0 Å². The van der Waals surface area contributed by atoms with Crippen LogP contribution < -0.4 is 5.73 Å². The van der Waals surface area contributed by atoms with Crippen molar-refractivity contribution in [3.8, 4) is 5.69 Å². The number of thiophene rings is 1. The third-order valence-electron chi connectivity index (χ3n) is 3.09. The van der Waals surface area contributed by atoms with Gasteiger partial charge in [0.15, 0.2) is 5.65 Å². The quantitative estimate of drug-likeness (QED) is 0.716. The van der Waals surface area contributed by atoms with Crippen molar-refractivity contribution in [2.45, 2.75) is 13.8 Å². The normalized spacial score (nSPS) is 11.2. The van der Waals surface area contributed by atoms with Gasteiger partial charge >= 0.3 is 0 Å². The summed E-state index contributed by atoms with van der Waals surface area (Å²) in [6.07, 6.45) is 1.51. The highest BCUT2D eigenvalue weighted by Gasteiger charge is 2.16. The summed E-state index contributed by atoms with van der Waals surface area (Å²) in [5.74, 6) is 0.546. The second kappa shape index (κ2) is 3.56. The van der Waals surface area contributed by atoms with E-state index in [4.69, 9.17) is 5.73 Å². The molecule has 5 heteroatoms. The van der Waals surface area contributed by atoms with E-state index >= 15 is 0 Å². The van der Waals surface area contributed by atoms with Crippen LogP contribution in [0, 0.1) is 13.8 Å². The summed E-state index contributed by atoms with van der Waals surface area (Å²) < 4.78 is 2.12. The van der Waals surface area contributed by atoms with Crippen molar-refractivity contribution in [2.75, 3.05) is 5.73 Å². The van der Waals surface area contributed by atoms with Gasteiger partial charge in [-0.1, -0.05) is 0 Å². The second-order valence-electron chi connectivity index (χ2n) is 3.98. The van der Waals surface area contributed by atoms with Gasteiger partial charge in [0, 0.05) is 11.1 Å². The van der Waals surface area contributed by atoms with Gasteiger partial charge < -0.3 is 5.73 Å². The largest absolute Gasteiger partial charge is 0.383 e. The Bertz CT molecular complexity index is 682. The highest BCUT2D eigenvalue weighted by molar-refractivity contribution is 7.08. The lowest BCUT2D eigenvalue weighted by Gasteiger charge is -2.04. The number of fused-ring (bicyclic) bond motifs is 1. The average Bonchev–Trinajstić information content (AvgIpc) is 2.89. The van der Waals surface area contributed by atoms with Crippen LogP contribution >= 0.6 is 11.3 Å². The lowest BCUT2D eigenvalue weighted by atomic mass is 10.2. The van der Waals surface area contributed by atoms with Gasteiger partial charge in [-0.05, 0) is 30.9 Å². The fraction of sp³-hybridized carbons (Fsp3) is 0.167. The monoisotopic (exact) mass is 244 g/mol. The maximum absolute atomic E-state index is 5.93. The Labute approximate surface area is 103 Å². The summed E-state index contributed by atoms with van der Waals surface area (Å²) in [4.78, 5) is 8.42. The third-order valence-corrected chi connectivity index (χ3v) is 3.76. The maximum Gasteiger partial charge on any atom is 0.150 e. The fourth-order valence-corrected chi connectivity index (χ4v) is 2.75. The minimum Gasteiger partial charge on any atom is -0.383 e. The zero-order valence-electron chi connectivity index (χ0n) is 9.64. The molecule has 0 unspecified atom stereocenters. The maximum atomic E-state index is 5.93. The molecule has 0 bridgehead atoms. The number of hydrogen-bond donors (Lipinski definition) is 1. The molecule has 0 aromatic carbocycles. The molecule has 0 aliphatic heterocycles. The first kappa shape index (κ1) is 10.3. The fourth-order valence-electron chi connectivity index (χ4n) is 2.13. The Morgan fingerprint density at radius 2 is 2.12 bits per heavy atom. The van der Waals surface area contributed by atoms with Gasteiger partial charge in [0.25, 0.3) is 0 Å². The highest BCUT2D eigenvalue weighted by Crippen LogP contribution is 2.30. The second-order valence-corrected chi connectivity index (χ2v) is 4.76. The summed E-state index contributed by atoms with van der Waals surface area (Å²) in [6, 6.07) is 2.08. The predicted molar refractivity (Wildman–Crippen MR) is 70.6 cm³/mol. The molecule has 3 heterocycles. The third kappa shape index (κ3) is 1.36. The first-order valence-electron chi connectivity index (χ1n) is 5.31. The van der Waals surface area contributed by atoms with E-state index < -0.39 is 0 Å². The molecular formula is C12H12N4S. The Kier molecular flexibility index (Phi) is 2.16. The van der Waals surface area contributed by atoms with Crippen LogP contribution in [0.1, 0.15) is 11.3 Å². The van der Waals surface area contributed by atoms with Gasteiger partial charge in [-0.2, -0.15) is 11.3 Å². The minimum atomic E-state index is 0.546. The lowest BCUT2D eigenvalue weighted by Crippen LogP contribution is -1.97. The van der Waals surface area contributed by atoms with E-state index in [1.807, 2.05) is 0 Å². The molecular weight excluding hydrogens is 232 g/mol. The van der Waals surface area contributed by atoms with Gasteiger partial charge in [0.2, 0.25) is 0 Å².